The number of oxazole rings is 1. The number of ether oxygens (including phenoxy) is 1. The van der Waals surface area contributed by atoms with E-state index in [-0.39, 0.29) is 5.41 Å². The number of morpholine rings is 1. The van der Waals surface area contributed by atoms with Gasteiger partial charge < -0.3 is 14.5 Å². The van der Waals surface area contributed by atoms with Gasteiger partial charge in [-0.2, -0.15) is 10.2 Å². The molecule has 0 spiro atoms. The summed E-state index contributed by atoms with van der Waals surface area (Å²) in [6, 6.07) is 10.3. The summed E-state index contributed by atoms with van der Waals surface area (Å²) in [5.74, 6) is 0.928. The summed E-state index contributed by atoms with van der Waals surface area (Å²) in [4.78, 5) is 6.73. The van der Waals surface area contributed by atoms with Crippen LogP contribution in [0.1, 0.15) is 38.4 Å². The van der Waals surface area contributed by atoms with Crippen LogP contribution in [0.5, 0.6) is 0 Å². The maximum absolute atomic E-state index is 9.36. The maximum atomic E-state index is 9.36. The second-order valence-electron chi connectivity index (χ2n) is 7.87. The van der Waals surface area contributed by atoms with Gasteiger partial charge in [-0.1, -0.05) is 32.9 Å². The molecule has 6 heteroatoms. The van der Waals surface area contributed by atoms with Crippen LogP contribution in [-0.4, -0.2) is 49.3 Å². The van der Waals surface area contributed by atoms with Crippen LogP contribution in [0.25, 0.3) is 11.5 Å². The third kappa shape index (κ3) is 5.09. The minimum Gasteiger partial charge on any atom is -0.419 e. The minimum absolute atomic E-state index is 0.0974. The fraction of sp³-hybridized carbons (Fsp3) is 0.524. The van der Waals surface area contributed by atoms with Gasteiger partial charge in [-0.25, -0.2) is 0 Å². The van der Waals surface area contributed by atoms with E-state index in [1.807, 2.05) is 12.1 Å². The Bertz CT molecular complexity index is 778. The normalized spacial score (nSPS) is 15.5. The van der Waals surface area contributed by atoms with Crippen LogP contribution in [0.4, 0.5) is 5.88 Å². The Balaban J connectivity index is 1.60. The van der Waals surface area contributed by atoms with Gasteiger partial charge in [0.05, 0.1) is 13.2 Å². The Kier molecular flexibility index (Phi) is 6.15. The molecule has 0 bridgehead atoms. The van der Waals surface area contributed by atoms with Crippen LogP contribution in [0, 0.1) is 11.3 Å². The van der Waals surface area contributed by atoms with Crippen molar-refractivity contribution in [1.82, 2.24) is 9.88 Å². The Morgan fingerprint density at radius 2 is 1.89 bits per heavy atom. The smallest absolute Gasteiger partial charge is 0.232 e. The number of hydrogen-bond acceptors (Lipinski definition) is 6. The van der Waals surface area contributed by atoms with Crippen LogP contribution in [0.3, 0.4) is 0 Å². The van der Waals surface area contributed by atoms with Crippen molar-refractivity contribution >= 4 is 5.88 Å². The average Bonchev–Trinajstić information content (AvgIpc) is 3.09. The van der Waals surface area contributed by atoms with Gasteiger partial charge in [0.15, 0.2) is 0 Å². The summed E-state index contributed by atoms with van der Waals surface area (Å²) < 4.78 is 11.2. The van der Waals surface area contributed by atoms with Gasteiger partial charge in [0, 0.05) is 25.2 Å². The van der Waals surface area contributed by atoms with Crippen LogP contribution in [0.2, 0.25) is 0 Å². The topological polar surface area (TPSA) is 74.3 Å². The minimum atomic E-state index is 0.0974. The van der Waals surface area contributed by atoms with Gasteiger partial charge in [0.1, 0.15) is 6.07 Å². The molecule has 0 atom stereocenters. The molecule has 3 rings (SSSR count). The molecule has 0 saturated carbocycles. The summed E-state index contributed by atoms with van der Waals surface area (Å²) >= 11 is 0. The van der Waals surface area contributed by atoms with E-state index in [1.165, 1.54) is 5.56 Å². The molecule has 1 aromatic carbocycles. The molecule has 0 amide bonds. The molecule has 0 aliphatic carbocycles. The molecule has 0 radical (unpaired) electrons. The third-order valence-corrected chi connectivity index (χ3v) is 4.77. The molecular formula is C21H28N4O2. The zero-order valence-corrected chi connectivity index (χ0v) is 16.4. The van der Waals surface area contributed by atoms with E-state index in [0.29, 0.717) is 17.5 Å². The molecule has 1 aromatic heterocycles. The second-order valence-corrected chi connectivity index (χ2v) is 7.87. The molecule has 0 unspecified atom stereocenters. The van der Waals surface area contributed by atoms with Gasteiger partial charge in [0.2, 0.25) is 17.5 Å². The van der Waals surface area contributed by atoms with Crippen molar-refractivity contribution in [2.45, 2.75) is 32.6 Å². The number of anilines is 1. The lowest BCUT2D eigenvalue weighted by Gasteiger charge is -2.26. The SMILES string of the molecule is CC(C)(C)c1ccc(-c2nc(C#N)c(NCCCN3CCOCC3)o2)cc1. The zero-order chi connectivity index (χ0) is 19.3. The van der Waals surface area contributed by atoms with Crippen molar-refractivity contribution in [1.29, 1.82) is 5.26 Å². The molecule has 1 aliphatic rings. The number of hydrogen-bond donors (Lipinski definition) is 1. The molecule has 2 aromatic rings. The van der Waals surface area contributed by atoms with Crippen LogP contribution < -0.4 is 5.32 Å². The number of nitrogens with one attached hydrogen (secondary N) is 1. The summed E-state index contributed by atoms with van der Waals surface area (Å²) in [6.07, 6.45) is 0.973. The fourth-order valence-electron chi connectivity index (χ4n) is 3.08. The Labute approximate surface area is 161 Å². The molecule has 2 heterocycles. The predicted octanol–water partition coefficient (Wildman–Crippen LogP) is 3.64. The van der Waals surface area contributed by atoms with Crippen LogP contribution in [0.15, 0.2) is 28.7 Å². The summed E-state index contributed by atoms with van der Waals surface area (Å²) in [6.45, 7) is 11.9. The average molecular weight is 368 g/mol. The standard InChI is InChI=1S/C21H28N4O2/c1-21(2,3)17-7-5-16(6-8-17)19-24-18(15-22)20(27-19)23-9-4-10-25-11-13-26-14-12-25/h5-8,23H,4,9-14H2,1-3H3. The van der Waals surface area contributed by atoms with Gasteiger partial charge in [-0.05, 0) is 36.1 Å². The molecule has 27 heavy (non-hydrogen) atoms. The number of benzene rings is 1. The highest BCUT2D eigenvalue weighted by Crippen LogP contribution is 2.28. The third-order valence-electron chi connectivity index (χ3n) is 4.77. The van der Waals surface area contributed by atoms with E-state index in [1.54, 1.807) is 0 Å². The highest BCUT2D eigenvalue weighted by Gasteiger charge is 2.17. The van der Waals surface area contributed by atoms with Crippen LogP contribution >= 0.6 is 0 Å². The largest absolute Gasteiger partial charge is 0.419 e. The van der Waals surface area contributed by atoms with Crippen molar-refractivity contribution in [3.8, 4) is 17.5 Å². The van der Waals surface area contributed by atoms with E-state index in [9.17, 15) is 5.26 Å². The van der Waals surface area contributed by atoms with Gasteiger partial charge >= 0.3 is 0 Å². The predicted molar refractivity (Wildman–Crippen MR) is 106 cm³/mol. The molecule has 1 saturated heterocycles. The Morgan fingerprint density at radius 1 is 1.19 bits per heavy atom. The Hall–Kier alpha value is -2.36. The molecule has 1 N–H and O–H groups in total. The molecular weight excluding hydrogens is 340 g/mol. The fourth-order valence-corrected chi connectivity index (χ4v) is 3.08. The van der Waals surface area contributed by atoms with Gasteiger partial charge in [-0.3, -0.25) is 4.90 Å². The van der Waals surface area contributed by atoms with Crippen molar-refractivity contribution in [3.63, 3.8) is 0 Å². The van der Waals surface area contributed by atoms with E-state index < -0.39 is 0 Å². The molecule has 1 fully saturated rings. The molecule has 1 aliphatic heterocycles. The number of rotatable bonds is 6. The summed E-state index contributed by atoms with van der Waals surface area (Å²) in [5, 5.41) is 12.6. The van der Waals surface area contributed by atoms with Crippen molar-refractivity contribution in [2.24, 2.45) is 0 Å². The van der Waals surface area contributed by atoms with E-state index >= 15 is 0 Å². The first-order valence-electron chi connectivity index (χ1n) is 9.53. The van der Waals surface area contributed by atoms with Gasteiger partial charge in [0.25, 0.3) is 0 Å². The lowest BCUT2D eigenvalue weighted by Crippen LogP contribution is -2.37. The molecule has 144 valence electrons. The van der Waals surface area contributed by atoms with Gasteiger partial charge in [-0.15, -0.1) is 0 Å². The molecule has 6 nitrogen and oxygen atoms in total. The van der Waals surface area contributed by atoms with Crippen molar-refractivity contribution in [3.05, 3.63) is 35.5 Å². The zero-order valence-electron chi connectivity index (χ0n) is 16.4. The number of nitrogens with zero attached hydrogens (tertiary/aromatic N) is 3. The van der Waals surface area contributed by atoms with Crippen molar-refractivity contribution in [2.75, 3.05) is 44.7 Å². The van der Waals surface area contributed by atoms with E-state index in [2.05, 4.69) is 54.2 Å². The Morgan fingerprint density at radius 3 is 2.52 bits per heavy atom. The first-order chi connectivity index (χ1) is 13.0. The monoisotopic (exact) mass is 368 g/mol. The van der Waals surface area contributed by atoms with Crippen LogP contribution in [-0.2, 0) is 10.2 Å². The maximum Gasteiger partial charge on any atom is 0.232 e. The lowest BCUT2D eigenvalue weighted by molar-refractivity contribution is 0.0378. The second kappa shape index (κ2) is 8.55. The lowest BCUT2D eigenvalue weighted by atomic mass is 9.87. The highest BCUT2D eigenvalue weighted by molar-refractivity contribution is 5.59. The number of nitriles is 1. The summed E-state index contributed by atoms with van der Waals surface area (Å²) in [5.41, 5.74) is 2.53. The van der Waals surface area contributed by atoms with E-state index in [0.717, 1.165) is 51.4 Å². The van der Waals surface area contributed by atoms with E-state index in [4.69, 9.17) is 9.15 Å². The van der Waals surface area contributed by atoms with Crippen molar-refractivity contribution < 1.29 is 9.15 Å². The summed E-state index contributed by atoms with van der Waals surface area (Å²) in [7, 11) is 0. The quantitative estimate of drug-likeness (QED) is 0.785. The number of aromatic nitrogens is 1. The first-order valence-corrected chi connectivity index (χ1v) is 9.53. The first kappa shape index (κ1) is 19.4. The highest BCUT2D eigenvalue weighted by atomic mass is 16.5.